The van der Waals surface area contributed by atoms with Gasteiger partial charge in [-0.15, -0.1) is 0 Å². The highest BCUT2D eigenvalue weighted by atomic mass is 35.5. The summed E-state index contributed by atoms with van der Waals surface area (Å²) in [5.74, 6) is 0.211. The zero-order valence-electron chi connectivity index (χ0n) is 10.2. The first kappa shape index (κ1) is 12.1. The van der Waals surface area contributed by atoms with Crippen molar-refractivity contribution in [2.75, 3.05) is 0 Å². The topological polar surface area (TPSA) is 25.8 Å². The van der Waals surface area contributed by atoms with Crippen molar-refractivity contribution in [2.45, 2.75) is 6.92 Å². The lowest BCUT2D eigenvalue weighted by molar-refractivity contribution is 0.620. The molecule has 4 heteroatoms. The molecule has 0 aliphatic heterocycles. The van der Waals surface area contributed by atoms with Gasteiger partial charge in [0.25, 0.3) is 0 Å². The van der Waals surface area contributed by atoms with Gasteiger partial charge < -0.3 is 0 Å². The first-order valence-electron chi connectivity index (χ1n) is 5.84. The van der Waals surface area contributed by atoms with E-state index in [1.165, 1.54) is 6.07 Å². The summed E-state index contributed by atoms with van der Waals surface area (Å²) in [6.45, 7) is 1.69. The van der Waals surface area contributed by atoms with Gasteiger partial charge in [-0.2, -0.15) is 0 Å². The number of rotatable bonds is 1. The van der Waals surface area contributed by atoms with Crippen LogP contribution in [0.4, 0.5) is 4.39 Å². The highest BCUT2D eigenvalue weighted by Gasteiger charge is 2.10. The van der Waals surface area contributed by atoms with Crippen LogP contribution in [-0.4, -0.2) is 9.97 Å². The molecule has 0 aliphatic rings. The molecule has 0 aliphatic carbocycles. The predicted octanol–water partition coefficient (Wildman–Crippen LogP) is 4.40. The van der Waals surface area contributed by atoms with E-state index in [0.717, 1.165) is 5.56 Å². The van der Waals surface area contributed by atoms with E-state index in [4.69, 9.17) is 11.6 Å². The quantitative estimate of drug-likeness (QED) is 0.614. The van der Waals surface area contributed by atoms with E-state index < -0.39 is 0 Å². The second-order valence-corrected chi connectivity index (χ2v) is 4.68. The fourth-order valence-corrected chi connectivity index (χ4v) is 2.17. The molecule has 19 heavy (non-hydrogen) atoms. The van der Waals surface area contributed by atoms with Crippen molar-refractivity contribution in [3.63, 3.8) is 0 Å². The Labute approximate surface area is 114 Å². The smallest absolute Gasteiger partial charge is 0.161 e. The van der Waals surface area contributed by atoms with Gasteiger partial charge in [0.05, 0.1) is 5.52 Å². The third kappa shape index (κ3) is 2.17. The summed E-state index contributed by atoms with van der Waals surface area (Å²) >= 11 is 6.16. The fraction of sp³-hybridized carbons (Fsp3) is 0.0667. The van der Waals surface area contributed by atoms with Crippen LogP contribution < -0.4 is 0 Å². The van der Waals surface area contributed by atoms with Crippen molar-refractivity contribution in [1.29, 1.82) is 0 Å². The molecule has 0 N–H and O–H groups in total. The number of fused-ring (bicyclic) bond motifs is 1. The predicted molar refractivity (Wildman–Crippen MR) is 74.7 cm³/mol. The van der Waals surface area contributed by atoms with E-state index in [1.807, 2.05) is 30.3 Å². The van der Waals surface area contributed by atoms with Crippen molar-refractivity contribution in [3.8, 4) is 11.4 Å². The average Bonchev–Trinajstić information content (AvgIpc) is 2.42. The molecular weight excluding hydrogens is 263 g/mol. The van der Waals surface area contributed by atoms with Gasteiger partial charge in [-0.05, 0) is 18.6 Å². The third-order valence-corrected chi connectivity index (χ3v) is 3.25. The Morgan fingerprint density at radius 3 is 2.53 bits per heavy atom. The summed E-state index contributed by atoms with van der Waals surface area (Å²) < 4.78 is 13.6. The molecule has 2 aromatic carbocycles. The number of nitrogens with zero attached hydrogens (tertiary/aromatic N) is 2. The number of halogens is 2. The second-order valence-electron chi connectivity index (χ2n) is 4.32. The number of benzene rings is 2. The van der Waals surface area contributed by atoms with Crippen molar-refractivity contribution >= 4 is 22.5 Å². The molecule has 3 aromatic rings. The van der Waals surface area contributed by atoms with Crippen molar-refractivity contribution in [1.82, 2.24) is 9.97 Å². The lowest BCUT2D eigenvalue weighted by Crippen LogP contribution is -1.93. The van der Waals surface area contributed by atoms with Crippen molar-refractivity contribution < 1.29 is 4.39 Å². The van der Waals surface area contributed by atoms with Gasteiger partial charge >= 0.3 is 0 Å². The molecule has 0 atom stereocenters. The minimum absolute atomic E-state index is 0.290. The minimum atomic E-state index is -0.290. The molecule has 0 saturated carbocycles. The van der Waals surface area contributed by atoms with E-state index in [0.29, 0.717) is 27.4 Å². The molecule has 0 radical (unpaired) electrons. The van der Waals surface area contributed by atoms with Crippen LogP contribution in [0.15, 0.2) is 42.5 Å². The van der Waals surface area contributed by atoms with Crippen LogP contribution >= 0.6 is 11.6 Å². The van der Waals surface area contributed by atoms with Crippen LogP contribution in [-0.2, 0) is 0 Å². The lowest BCUT2D eigenvalue weighted by Gasteiger charge is -2.06. The normalized spacial score (nSPS) is 10.9. The Bertz CT molecular complexity index is 757. The largest absolute Gasteiger partial charge is 0.228 e. The summed E-state index contributed by atoms with van der Waals surface area (Å²) in [5.41, 5.74) is 1.90. The SMILES string of the molecule is Cc1cc2c(Cl)nc(-c3ccccc3)nc2cc1F. The molecular formula is C15H10ClFN2. The standard InChI is InChI=1S/C15H10ClFN2/c1-9-7-11-13(8-12(9)17)18-15(19-14(11)16)10-5-3-2-4-6-10/h2-8H,1H3. The first-order valence-corrected chi connectivity index (χ1v) is 6.22. The van der Waals surface area contributed by atoms with E-state index in [1.54, 1.807) is 13.0 Å². The molecule has 0 unspecified atom stereocenters. The number of aromatic nitrogens is 2. The molecule has 1 aromatic heterocycles. The Hall–Kier alpha value is -2.00. The van der Waals surface area contributed by atoms with Gasteiger partial charge in [0.15, 0.2) is 5.82 Å². The van der Waals surface area contributed by atoms with Gasteiger partial charge in [0.2, 0.25) is 0 Å². The fourth-order valence-electron chi connectivity index (χ4n) is 1.94. The van der Waals surface area contributed by atoms with Gasteiger partial charge in [-0.1, -0.05) is 41.9 Å². The Morgan fingerprint density at radius 2 is 1.79 bits per heavy atom. The molecule has 0 spiro atoms. The molecule has 0 bridgehead atoms. The molecule has 1 heterocycles. The van der Waals surface area contributed by atoms with E-state index in [9.17, 15) is 4.39 Å². The summed E-state index contributed by atoms with van der Waals surface area (Å²) in [6.07, 6.45) is 0. The molecule has 0 saturated heterocycles. The number of hydrogen-bond donors (Lipinski definition) is 0. The second kappa shape index (κ2) is 4.59. The maximum Gasteiger partial charge on any atom is 0.161 e. The third-order valence-electron chi connectivity index (χ3n) is 2.96. The van der Waals surface area contributed by atoms with Crippen molar-refractivity contribution in [2.24, 2.45) is 0 Å². The van der Waals surface area contributed by atoms with Crippen LogP contribution in [0.1, 0.15) is 5.56 Å². The van der Waals surface area contributed by atoms with E-state index >= 15 is 0 Å². The average molecular weight is 273 g/mol. The zero-order valence-corrected chi connectivity index (χ0v) is 10.9. The molecule has 0 amide bonds. The maximum atomic E-state index is 13.6. The molecule has 94 valence electrons. The zero-order chi connectivity index (χ0) is 13.4. The summed E-state index contributed by atoms with van der Waals surface area (Å²) in [5, 5.41) is 1.01. The summed E-state index contributed by atoms with van der Waals surface area (Å²) in [4.78, 5) is 8.65. The minimum Gasteiger partial charge on any atom is -0.228 e. The highest BCUT2D eigenvalue weighted by molar-refractivity contribution is 6.34. The molecule has 3 rings (SSSR count). The van der Waals surface area contributed by atoms with E-state index in [-0.39, 0.29) is 5.82 Å². The van der Waals surface area contributed by atoms with Gasteiger partial charge in [-0.3, -0.25) is 0 Å². The van der Waals surface area contributed by atoms with Crippen molar-refractivity contribution in [3.05, 3.63) is 59.0 Å². The molecule has 2 nitrogen and oxygen atoms in total. The van der Waals surface area contributed by atoms with Crippen LogP contribution in [0.2, 0.25) is 5.15 Å². The van der Waals surface area contributed by atoms with Crippen LogP contribution in [0, 0.1) is 12.7 Å². The van der Waals surface area contributed by atoms with E-state index in [2.05, 4.69) is 9.97 Å². The van der Waals surface area contributed by atoms with Crippen LogP contribution in [0.5, 0.6) is 0 Å². The number of hydrogen-bond acceptors (Lipinski definition) is 2. The highest BCUT2D eigenvalue weighted by Crippen LogP contribution is 2.26. The lowest BCUT2D eigenvalue weighted by atomic mass is 10.1. The monoisotopic (exact) mass is 272 g/mol. The first-order chi connectivity index (χ1) is 9.15. The number of aryl methyl sites for hydroxylation is 1. The van der Waals surface area contributed by atoms with Gasteiger partial charge in [-0.25, -0.2) is 14.4 Å². The Morgan fingerprint density at radius 1 is 1.05 bits per heavy atom. The van der Waals surface area contributed by atoms with Crippen LogP contribution in [0.25, 0.3) is 22.3 Å². The van der Waals surface area contributed by atoms with Gasteiger partial charge in [0.1, 0.15) is 11.0 Å². The maximum absolute atomic E-state index is 13.6. The Balaban J connectivity index is 2.28. The Kier molecular flexibility index (Phi) is 2.91. The molecule has 0 fully saturated rings. The summed E-state index contributed by atoms with van der Waals surface area (Å²) in [7, 11) is 0. The van der Waals surface area contributed by atoms with Crippen LogP contribution in [0.3, 0.4) is 0 Å². The summed E-state index contributed by atoms with van der Waals surface area (Å²) in [6, 6.07) is 12.5. The van der Waals surface area contributed by atoms with Gasteiger partial charge in [0, 0.05) is 17.0 Å².